The first kappa shape index (κ1) is 34.8. The van der Waals surface area contributed by atoms with Crippen molar-refractivity contribution in [1.29, 1.82) is 0 Å². The van der Waals surface area contributed by atoms with Crippen molar-refractivity contribution in [3.63, 3.8) is 0 Å². The molecule has 0 saturated carbocycles. The summed E-state index contributed by atoms with van der Waals surface area (Å²) >= 11 is 0. The van der Waals surface area contributed by atoms with E-state index in [1.54, 1.807) is 19.1 Å². The van der Waals surface area contributed by atoms with Gasteiger partial charge in [0.15, 0.2) is 0 Å². The lowest BCUT2D eigenvalue weighted by Crippen LogP contribution is -2.66. The number of amides is 2. The zero-order valence-electron chi connectivity index (χ0n) is 26.5. The quantitative estimate of drug-likeness (QED) is 0.158. The monoisotopic (exact) mass is 571 g/mol. The first-order chi connectivity index (χ1) is 20.2. The molecule has 2 rings (SSSR count). The van der Waals surface area contributed by atoms with Crippen LogP contribution < -0.4 is 5.32 Å². The van der Waals surface area contributed by atoms with Gasteiger partial charge in [-0.1, -0.05) is 118 Å². The smallest absolute Gasteiger partial charge is 0.246 e. The van der Waals surface area contributed by atoms with Crippen LogP contribution in [0.1, 0.15) is 71.8 Å². The summed E-state index contributed by atoms with van der Waals surface area (Å²) in [5, 5.41) is 3.16. The van der Waals surface area contributed by atoms with E-state index in [-0.39, 0.29) is 17.2 Å². The molecule has 1 N–H and O–H groups in total. The minimum Gasteiger partial charge on any atom is -0.354 e. The van der Waals surface area contributed by atoms with Crippen LogP contribution in [0.4, 0.5) is 0 Å². The highest BCUT2D eigenvalue weighted by Gasteiger charge is 2.49. The molecule has 2 amide bonds. The van der Waals surface area contributed by atoms with Crippen molar-refractivity contribution in [3.8, 4) is 0 Å². The second kappa shape index (κ2) is 18.2. The fraction of sp³-hybridized carbons (Fsp3) is 0.459. The largest absolute Gasteiger partial charge is 0.354 e. The molecule has 0 spiro atoms. The molecule has 1 aliphatic rings. The first-order valence-electron chi connectivity index (χ1n) is 15.4. The zero-order chi connectivity index (χ0) is 30.8. The molecule has 1 saturated heterocycles. The number of hydrogen-bond acceptors (Lipinski definition) is 3. The highest BCUT2D eigenvalue weighted by molar-refractivity contribution is 5.91. The molecule has 0 radical (unpaired) electrons. The number of piperidine rings is 1. The second-order valence-corrected chi connectivity index (χ2v) is 11.6. The number of nitrogens with one attached hydrogen (secondary N) is 1. The van der Waals surface area contributed by atoms with Gasteiger partial charge in [-0.2, -0.15) is 0 Å². The molecular formula is C37H53N3O2. The molecule has 1 aliphatic heterocycles. The Morgan fingerprint density at radius 2 is 1.71 bits per heavy atom. The van der Waals surface area contributed by atoms with Crippen molar-refractivity contribution in [1.82, 2.24) is 15.1 Å². The van der Waals surface area contributed by atoms with Crippen molar-refractivity contribution >= 4 is 11.8 Å². The van der Waals surface area contributed by atoms with Gasteiger partial charge in [0.2, 0.25) is 11.8 Å². The van der Waals surface area contributed by atoms with Crippen molar-refractivity contribution in [2.24, 2.45) is 0 Å². The van der Waals surface area contributed by atoms with Crippen LogP contribution in [0.3, 0.4) is 0 Å². The Morgan fingerprint density at radius 3 is 2.33 bits per heavy atom. The van der Waals surface area contributed by atoms with Crippen LogP contribution >= 0.6 is 0 Å². The van der Waals surface area contributed by atoms with Gasteiger partial charge in [0.1, 0.15) is 5.54 Å². The molecule has 5 nitrogen and oxygen atoms in total. The summed E-state index contributed by atoms with van der Waals surface area (Å²) in [6, 6.07) is 10.4. The van der Waals surface area contributed by atoms with Gasteiger partial charge in [-0.25, -0.2) is 0 Å². The summed E-state index contributed by atoms with van der Waals surface area (Å²) < 4.78 is 0. The average molecular weight is 572 g/mol. The highest BCUT2D eigenvalue weighted by atomic mass is 16.2. The molecule has 1 unspecified atom stereocenters. The van der Waals surface area contributed by atoms with Crippen LogP contribution in [0.5, 0.6) is 0 Å². The molecule has 1 heterocycles. The molecule has 0 bridgehead atoms. The number of benzene rings is 1. The fourth-order valence-corrected chi connectivity index (χ4v) is 5.61. The van der Waals surface area contributed by atoms with Gasteiger partial charge in [0, 0.05) is 45.1 Å². The van der Waals surface area contributed by atoms with Crippen LogP contribution in [-0.2, 0) is 15.0 Å². The minimum atomic E-state index is -0.873. The lowest BCUT2D eigenvalue weighted by Gasteiger charge is -2.50. The summed E-state index contributed by atoms with van der Waals surface area (Å²) in [6.07, 6.45) is 22.6. The zero-order valence-corrected chi connectivity index (χ0v) is 26.5. The Balaban J connectivity index is 2.35. The molecule has 0 aliphatic carbocycles. The van der Waals surface area contributed by atoms with Gasteiger partial charge >= 0.3 is 0 Å². The number of carbonyl (C=O) groups excluding carboxylic acids is 2. The van der Waals surface area contributed by atoms with E-state index in [4.69, 9.17) is 0 Å². The number of likely N-dealkylation sites (tertiary alicyclic amines) is 1. The van der Waals surface area contributed by atoms with E-state index >= 15 is 0 Å². The van der Waals surface area contributed by atoms with Gasteiger partial charge in [-0.05, 0) is 51.0 Å². The summed E-state index contributed by atoms with van der Waals surface area (Å²) in [6.45, 7) is 19.0. The average Bonchev–Trinajstić information content (AvgIpc) is 3.00. The van der Waals surface area contributed by atoms with Gasteiger partial charge in [-0.3, -0.25) is 9.59 Å². The predicted octanol–water partition coefficient (Wildman–Crippen LogP) is 7.31. The molecule has 1 aromatic rings. The SMILES string of the molecule is C=C/C=C\C=C(/C)CCN1CCC(C(=O)NCCC)(N(CC(C)(C/C=C\C/C=C\C=C)c2ccccc2)C(C)=O)CC1. The number of rotatable bonds is 17. The van der Waals surface area contributed by atoms with E-state index in [1.807, 2.05) is 41.3 Å². The third-order valence-electron chi connectivity index (χ3n) is 8.25. The van der Waals surface area contributed by atoms with Crippen LogP contribution in [0.15, 0.2) is 104 Å². The van der Waals surface area contributed by atoms with Crippen molar-refractivity contribution < 1.29 is 9.59 Å². The summed E-state index contributed by atoms with van der Waals surface area (Å²) in [5.41, 5.74) is 1.24. The van der Waals surface area contributed by atoms with Gasteiger partial charge in [-0.15, -0.1) is 0 Å². The number of hydrogen-bond donors (Lipinski definition) is 1. The van der Waals surface area contributed by atoms with E-state index in [9.17, 15) is 9.59 Å². The number of carbonyl (C=O) groups is 2. The number of allylic oxidation sites excluding steroid dienone is 9. The normalized spacial score (nSPS) is 17.4. The van der Waals surface area contributed by atoms with E-state index in [0.29, 0.717) is 25.9 Å². The Morgan fingerprint density at radius 1 is 1.02 bits per heavy atom. The maximum absolute atomic E-state index is 13.9. The lowest BCUT2D eigenvalue weighted by atomic mass is 9.76. The van der Waals surface area contributed by atoms with Gasteiger partial charge < -0.3 is 15.1 Å². The van der Waals surface area contributed by atoms with E-state index in [2.05, 4.69) is 80.6 Å². The third kappa shape index (κ3) is 10.4. The Hall–Kier alpha value is -3.44. The van der Waals surface area contributed by atoms with Crippen LogP contribution in [-0.4, -0.2) is 59.9 Å². The minimum absolute atomic E-state index is 0.0228. The van der Waals surface area contributed by atoms with E-state index in [0.717, 1.165) is 50.9 Å². The van der Waals surface area contributed by atoms with Gasteiger partial charge in [0.25, 0.3) is 0 Å². The predicted molar refractivity (Wildman–Crippen MR) is 178 cm³/mol. The van der Waals surface area contributed by atoms with E-state index in [1.165, 1.54) is 5.57 Å². The van der Waals surface area contributed by atoms with E-state index < -0.39 is 5.54 Å². The fourth-order valence-electron chi connectivity index (χ4n) is 5.61. The lowest BCUT2D eigenvalue weighted by molar-refractivity contribution is -0.151. The molecule has 5 heteroatoms. The summed E-state index contributed by atoms with van der Waals surface area (Å²) in [4.78, 5) is 31.8. The number of nitrogens with zero attached hydrogens (tertiary/aromatic N) is 2. The second-order valence-electron chi connectivity index (χ2n) is 11.6. The van der Waals surface area contributed by atoms with Crippen molar-refractivity contribution in [2.45, 2.75) is 77.2 Å². The third-order valence-corrected chi connectivity index (χ3v) is 8.25. The Labute approximate surface area is 255 Å². The van der Waals surface area contributed by atoms with Gasteiger partial charge in [0.05, 0.1) is 0 Å². The Bertz CT molecular complexity index is 1120. The van der Waals surface area contributed by atoms with Crippen LogP contribution in [0.2, 0.25) is 0 Å². The molecule has 1 fully saturated rings. The topological polar surface area (TPSA) is 52.7 Å². The first-order valence-corrected chi connectivity index (χ1v) is 15.4. The summed E-state index contributed by atoms with van der Waals surface area (Å²) in [7, 11) is 0. The molecular weight excluding hydrogens is 518 g/mol. The van der Waals surface area contributed by atoms with Crippen LogP contribution in [0.25, 0.3) is 0 Å². The van der Waals surface area contributed by atoms with Crippen LogP contribution in [0, 0.1) is 0 Å². The maximum Gasteiger partial charge on any atom is 0.246 e. The molecule has 1 aromatic carbocycles. The molecule has 0 aromatic heterocycles. The van der Waals surface area contributed by atoms with Crippen molar-refractivity contribution in [3.05, 3.63) is 109 Å². The maximum atomic E-state index is 13.9. The van der Waals surface area contributed by atoms with Crippen molar-refractivity contribution in [2.75, 3.05) is 32.7 Å². The Kier molecular flexibility index (Phi) is 15.0. The molecule has 228 valence electrons. The standard InChI is InChI=1S/C37H53N3O2/c1-7-10-12-13-14-19-24-36(6,34-21-17-15-18-22-34)31-40(33(5)41)37(35(42)38-27-9-3)25-29-39(30-26-37)28-23-32(4)20-16-11-8-2/h7-8,10-12,14-22H,1-2,9,13,23-31H2,3-6H3,(H,38,42)/b12-10-,16-11-,19-14-,32-20+. The highest BCUT2D eigenvalue weighted by Crippen LogP contribution is 2.36. The molecule has 1 atom stereocenters. The summed E-state index contributed by atoms with van der Waals surface area (Å²) in [5.74, 6) is -0.0757. The molecule has 42 heavy (non-hydrogen) atoms.